The topological polar surface area (TPSA) is 82.3 Å². The lowest BCUT2D eigenvalue weighted by molar-refractivity contribution is -0.385. The summed E-state index contributed by atoms with van der Waals surface area (Å²) in [6.45, 7) is 0. The van der Waals surface area contributed by atoms with Gasteiger partial charge in [0.2, 0.25) is 11.8 Å². The van der Waals surface area contributed by atoms with E-state index >= 15 is 0 Å². The van der Waals surface area contributed by atoms with Crippen LogP contribution >= 0.6 is 0 Å². The molecule has 0 saturated heterocycles. The number of ether oxygens (including phenoxy) is 1. The molecule has 0 aliphatic carbocycles. The van der Waals surface area contributed by atoms with Gasteiger partial charge in [-0.25, -0.2) is 0 Å². The Hall–Kier alpha value is -2.26. The molecular weight excluding hydrogens is 252 g/mol. The molecule has 0 atom stereocenters. The number of hydrogen-bond acceptors (Lipinski definition) is 5. The first-order chi connectivity index (χ1) is 7.74. The van der Waals surface area contributed by atoms with Crippen molar-refractivity contribution in [3.05, 3.63) is 27.7 Å². The first kappa shape index (κ1) is 12.8. The molecule has 1 rings (SSSR count). The highest BCUT2D eigenvalue weighted by Gasteiger charge is 2.35. The molecule has 0 spiro atoms. The number of pyridine rings is 1. The van der Waals surface area contributed by atoms with E-state index in [4.69, 9.17) is 0 Å². The van der Waals surface area contributed by atoms with Crippen LogP contribution in [0.5, 0.6) is 5.88 Å². The number of halogens is 4. The summed E-state index contributed by atoms with van der Waals surface area (Å²) in [5.74, 6) is -3.07. The summed E-state index contributed by atoms with van der Waals surface area (Å²) >= 11 is 0. The number of alkyl halides is 3. The maximum atomic E-state index is 12.7. The van der Waals surface area contributed by atoms with Crippen molar-refractivity contribution >= 4 is 12.0 Å². The van der Waals surface area contributed by atoms with Gasteiger partial charge in [0, 0.05) is 0 Å². The monoisotopic (exact) mass is 254 g/mol. The molecule has 0 aromatic carbocycles. The second kappa shape index (κ2) is 4.31. The average Bonchev–Trinajstić information content (AvgIpc) is 2.14. The van der Waals surface area contributed by atoms with Crippen LogP contribution < -0.4 is 4.74 Å². The normalized spacial score (nSPS) is 11.1. The highest BCUT2D eigenvalue weighted by molar-refractivity contribution is 5.84. The summed E-state index contributed by atoms with van der Waals surface area (Å²) in [5, 5.41) is 10.4. The van der Waals surface area contributed by atoms with Crippen LogP contribution in [0.15, 0.2) is 6.07 Å². The molecular formula is C7H2F4N2O4. The van der Waals surface area contributed by atoms with Crippen molar-refractivity contribution in [3.8, 4) is 5.88 Å². The van der Waals surface area contributed by atoms with E-state index in [0.717, 1.165) is 0 Å². The van der Waals surface area contributed by atoms with Crippen molar-refractivity contribution in [1.29, 1.82) is 0 Å². The van der Waals surface area contributed by atoms with Crippen molar-refractivity contribution in [3.63, 3.8) is 0 Å². The molecule has 10 heteroatoms. The van der Waals surface area contributed by atoms with E-state index in [0.29, 0.717) is 0 Å². The van der Waals surface area contributed by atoms with Gasteiger partial charge in [0.25, 0.3) is 5.69 Å². The van der Waals surface area contributed by atoms with Gasteiger partial charge in [0.1, 0.15) is 0 Å². The summed E-state index contributed by atoms with van der Waals surface area (Å²) in [6.07, 6.45) is -5.52. The molecule has 1 aromatic rings. The Morgan fingerprint density at radius 2 is 2.06 bits per heavy atom. The summed E-state index contributed by atoms with van der Waals surface area (Å²) in [4.78, 5) is 22.2. The largest absolute Gasteiger partial charge is 0.574 e. The third-order valence-electron chi connectivity index (χ3n) is 1.50. The Bertz CT molecular complexity index is 474. The minimum Gasteiger partial charge on any atom is -0.387 e. The highest BCUT2D eigenvalue weighted by atomic mass is 19.4. The molecule has 0 radical (unpaired) electrons. The van der Waals surface area contributed by atoms with Gasteiger partial charge in [-0.1, -0.05) is 0 Å². The molecule has 92 valence electrons. The molecule has 0 bridgehead atoms. The predicted octanol–water partition coefficient (Wildman–Crippen LogP) is 1.84. The van der Waals surface area contributed by atoms with Crippen LogP contribution in [0.25, 0.3) is 0 Å². The molecule has 6 nitrogen and oxygen atoms in total. The van der Waals surface area contributed by atoms with E-state index in [-0.39, 0.29) is 12.4 Å². The third kappa shape index (κ3) is 3.09. The number of aromatic nitrogens is 1. The van der Waals surface area contributed by atoms with Crippen LogP contribution in [-0.2, 0) is 0 Å². The first-order valence-electron chi connectivity index (χ1n) is 3.80. The van der Waals surface area contributed by atoms with E-state index in [1.54, 1.807) is 0 Å². The Morgan fingerprint density at radius 1 is 1.47 bits per heavy atom. The zero-order valence-corrected chi connectivity index (χ0v) is 7.69. The molecule has 0 aliphatic heterocycles. The number of aldehydes is 1. The summed E-state index contributed by atoms with van der Waals surface area (Å²) in [7, 11) is 0. The summed E-state index contributed by atoms with van der Waals surface area (Å²) in [6, 6.07) is 0.215. The quantitative estimate of drug-likeness (QED) is 0.270. The van der Waals surface area contributed by atoms with E-state index in [1.807, 2.05) is 0 Å². The molecule has 1 heterocycles. The molecule has 0 amide bonds. The van der Waals surface area contributed by atoms with Gasteiger partial charge < -0.3 is 4.74 Å². The van der Waals surface area contributed by atoms with Gasteiger partial charge in [-0.05, 0) is 0 Å². The van der Waals surface area contributed by atoms with Crippen molar-refractivity contribution in [1.82, 2.24) is 4.98 Å². The van der Waals surface area contributed by atoms with Crippen molar-refractivity contribution < 1.29 is 32.0 Å². The predicted molar refractivity (Wildman–Crippen MR) is 42.9 cm³/mol. The van der Waals surface area contributed by atoms with Crippen LogP contribution in [-0.4, -0.2) is 22.6 Å². The fourth-order valence-electron chi connectivity index (χ4n) is 0.939. The lowest BCUT2D eigenvalue weighted by Gasteiger charge is -2.09. The Balaban J connectivity index is 3.38. The minimum absolute atomic E-state index is 0.215. The summed E-state index contributed by atoms with van der Waals surface area (Å²) < 4.78 is 51.5. The maximum absolute atomic E-state index is 12.7. The van der Waals surface area contributed by atoms with Gasteiger partial charge in [0.15, 0.2) is 11.8 Å². The Labute approximate surface area is 90.0 Å². The highest BCUT2D eigenvalue weighted by Crippen LogP contribution is 2.29. The van der Waals surface area contributed by atoms with Crippen LogP contribution in [0, 0.1) is 16.1 Å². The minimum atomic E-state index is -5.24. The first-order valence-corrected chi connectivity index (χ1v) is 3.80. The third-order valence-corrected chi connectivity index (χ3v) is 1.50. The van der Waals surface area contributed by atoms with Crippen LogP contribution in [0.2, 0.25) is 0 Å². The number of hydrogen-bond donors (Lipinski definition) is 0. The van der Waals surface area contributed by atoms with E-state index in [9.17, 15) is 32.5 Å². The zero-order valence-electron chi connectivity index (χ0n) is 7.69. The molecule has 0 N–H and O–H groups in total. The number of nitrogens with zero attached hydrogens (tertiary/aromatic N) is 2. The van der Waals surface area contributed by atoms with Crippen LogP contribution in [0.4, 0.5) is 23.2 Å². The average molecular weight is 254 g/mol. The SMILES string of the molecule is O=Cc1c([N+](=O)[O-])cc(F)nc1OC(F)(F)F. The van der Waals surface area contributed by atoms with Gasteiger partial charge in [-0.3, -0.25) is 14.9 Å². The molecule has 0 fully saturated rings. The fourth-order valence-corrected chi connectivity index (χ4v) is 0.939. The van der Waals surface area contributed by atoms with E-state index < -0.39 is 34.4 Å². The smallest absolute Gasteiger partial charge is 0.387 e. The maximum Gasteiger partial charge on any atom is 0.574 e. The second-order valence-electron chi connectivity index (χ2n) is 2.61. The van der Waals surface area contributed by atoms with Gasteiger partial charge in [-0.2, -0.15) is 9.37 Å². The van der Waals surface area contributed by atoms with Gasteiger partial charge >= 0.3 is 6.36 Å². The zero-order chi connectivity index (χ0) is 13.2. The molecule has 0 saturated carbocycles. The van der Waals surface area contributed by atoms with Crippen molar-refractivity contribution in [2.75, 3.05) is 0 Å². The molecule has 17 heavy (non-hydrogen) atoms. The van der Waals surface area contributed by atoms with E-state index in [1.165, 1.54) is 0 Å². The molecule has 1 aromatic heterocycles. The van der Waals surface area contributed by atoms with Gasteiger partial charge in [-0.15, -0.1) is 13.2 Å². The summed E-state index contributed by atoms with van der Waals surface area (Å²) in [5.41, 5.74) is -2.25. The lowest BCUT2D eigenvalue weighted by atomic mass is 10.2. The van der Waals surface area contributed by atoms with Gasteiger partial charge in [0.05, 0.1) is 11.0 Å². The number of carbonyl (C=O) groups is 1. The fraction of sp³-hybridized carbons (Fsp3) is 0.143. The van der Waals surface area contributed by atoms with Crippen molar-refractivity contribution in [2.24, 2.45) is 0 Å². The Morgan fingerprint density at radius 3 is 2.47 bits per heavy atom. The molecule has 0 unspecified atom stereocenters. The number of nitro groups is 1. The number of rotatable bonds is 3. The standard InChI is InChI=1S/C7H2F4N2O4/c8-5-1-4(13(15)16)3(2-14)6(12-5)17-7(9,10)11/h1-2H. The van der Waals surface area contributed by atoms with Crippen molar-refractivity contribution in [2.45, 2.75) is 6.36 Å². The second-order valence-corrected chi connectivity index (χ2v) is 2.61. The van der Waals surface area contributed by atoms with Crippen LogP contribution in [0.3, 0.4) is 0 Å². The molecule has 0 aliphatic rings. The number of carbonyl (C=O) groups excluding carboxylic acids is 1. The lowest BCUT2D eigenvalue weighted by Crippen LogP contribution is -2.19. The Kier molecular flexibility index (Phi) is 3.25. The van der Waals surface area contributed by atoms with E-state index in [2.05, 4.69) is 9.72 Å². The van der Waals surface area contributed by atoms with Crippen LogP contribution in [0.1, 0.15) is 10.4 Å².